The van der Waals surface area contributed by atoms with Gasteiger partial charge in [-0.2, -0.15) is 13.2 Å². The first-order valence-electron chi connectivity index (χ1n) is 12.0. The van der Waals surface area contributed by atoms with Crippen LogP contribution in [0.15, 0.2) is 24.4 Å². The minimum Gasteiger partial charge on any atom is -0.475 e. The molecule has 1 saturated heterocycles. The number of ether oxygens (including phenoxy) is 1. The summed E-state index contributed by atoms with van der Waals surface area (Å²) in [7, 11) is 1.98. The van der Waals surface area contributed by atoms with Gasteiger partial charge in [0.2, 0.25) is 0 Å². The maximum atomic E-state index is 10.6. The number of hydrogen-bond donors (Lipinski definition) is 3. The highest BCUT2D eigenvalue weighted by molar-refractivity contribution is 5.73. The van der Waals surface area contributed by atoms with E-state index in [-0.39, 0.29) is 12.0 Å². The second kappa shape index (κ2) is 12.2. The topological polar surface area (TPSA) is 127 Å². The fourth-order valence-electron chi connectivity index (χ4n) is 3.82. The van der Waals surface area contributed by atoms with Crippen LogP contribution in [0.5, 0.6) is 0 Å². The van der Waals surface area contributed by atoms with Crippen LogP contribution in [-0.2, 0) is 23.1 Å². The van der Waals surface area contributed by atoms with Crippen molar-refractivity contribution in [2.45, 2.75) is 70.8 Å². The summed E-state index contributed by atoms with van der Waals surface area (Å²) in [5, 5.41) is 14.1. The van der Waals surface area contributed by atoms with Crippen molar-refractivity contribution >= 4 is 28.8 Å². The van der Waals surface area contributed by atoms with Crippen molar-refractivity contribution in [2.75, 3.05) is 17.2 Å². The lowest BCUT2D eigenvalue weighted by molar-refractivity contribution is -0.192. The molecule has 0 saturated carbocycles. The Hall–Kier alpha value is -3.48. The predicted molar refractivity (Wildman–Crippen MR) is 132 cm³/mol. The van der Waals surface area contributed by atoms with Crippen molar-refractivity contribution in [3.8, 4) is 0 Å². The van der Waals surface area contributed by atoms with E-state index < -0.39 is 12.1 Å². The number of nitrogens with one attached hydrogen (secondary N) is 2. The van der Waals surface area contributed by atoms with Crippen molar-refractivity contribution in [2.24, 2.45) is 7.05 Å². The van der Waals surface area contributed by atoms with E-state index in [0.29, 0.717) is 12.6 Å². The summed E-state index contributed by atoms with van der Waals surface area (Å²) < 4.78 is 39.5. The quantitative estimate of drug-likeness (QED) is 0.391. The lowest BCUT2D eigenvalue weighted by Crippen LogP contribution is -2.23. The van der Waals surface area contributed by atoms with E-state index in [1.165, 1.54) is 0 Å². The Morgan fingerprint density at radius 2 is 1.95 bits per heavy atom. The van der Waals surface area contributed by atoms with E-state index in [1.807, 2.05) is 29.8 Å². The van der Waals surface area contributed by atoms with Crippen LogP contribution >= 0.6 is 0 Å². The monoisotopic (exact) mass is 523 g/mol. The molecule has 4 heterocycles. The number of aryl methyl sites for hydroxylation is 1. The van der Waals surface area contributed by atoms with Crippen molar-refractivity contribution < 1.29 is 27.8 Å². The molecule has 4 rings (SSSR count). The summed E-state index contributed by atoms with van der Waals surface area (Å²) in [5.74, 6) is 0.843. The first-order valence-corrected chi connectivity index (χ1v) is 12.0. The molecule has 2 unspecified atom stereocenters. The molecule has 1 fully saturated rings. The first-order chi connectivity index (χ1) is 17.4. The number of aliphatic carboxylic acids is 1. The summed E-state index contributed by atoms with van der Waals surface area (Å²) in [6, 6.07) is 6.13. The predicted octanol–water partition coefficient (Wildman–Crippen LogP) is 4.50. The fourth-order valence-corrected chi connectivity index (χ4v) is 3.82. The maximum absolute atomic E-state index is 10.6. The molecule has 3 aromatic rings. The molecule has 2 atom stereocenters. The van der Waals surface area contributed by atoms with E-state index >= 15 is 0 Å². The number of halogens is 3. The van der Waals surface area contributed by atoms with E-state index in [9.17, 15) is 13.2 Å². The summed E-state index contributed by atoms with van der Waals surface area (Å²) in [6.07, 6.45) is 0.344. The highest BCUT2D eigenvalue weighted by Crippen LogP contribution is 2.22. The van der Waals surface area contributed by atoms with Gasteiger partial charge in [0.15, 0.2) is 5.65 Å². The van der Waals surface area contributed by atoms with Gasteiger partial charge in [-0.1, -0.05) is 13.8 Å². The van der Waals surface area contributed by atoms with Gasteiger partial charge in [0.1, 0.15) is 28.8 Å². The van der Waals surface area contributed by atoms with Crippen LogP contribution < -0.4 is 10.6 Å². The molecular weight excluding hydrogens is 491 g/mol. The third kappa shape index (κ3) is 8.00. The SMILES string of the molecule is CC(CC1CCCO1)Nc1cc(NCc2nc3cccnc3n2C)nc(C(C)C)n1.O=C(O)C(F)(F)F. The van der Waals surface area contributed by atoms with Gasteiger partial charge in [0.05, 0.1) is 12.6 Å². The Morgan fingerprint density at radius 3 is 2.54 bits per heavy atom. The Bertz CT molecular complexity index is 1190. The molecule has 0 aromatic carbocycles. The molecule has 3 N–H and O–H groups in total. The second-order valence-corrected chi connectivity index (χ2v) is 9.16. The third-order valence-corrected chi connectivity index (χ3v) is 5.69. The van der Waals surface area contributed by atoms with Gasteiger partial charge in [-0.05, 0) is 38.3 Å². The number of alkyl halides is 3. The number of anilines is 2. The molecule has 0 spiro atoms. The van der Waals surface area contributed by atoms with Crippen molar-refractivity contribution in [1.29, 1.82) is 0 Å². The van der Waals surface area contributed by atoms with Gasteiger partial charge in [-0.15, -0.1) is 0 Å². The lowest BCUT2D eigenvalue weighted by Gasteiger charge is -2.19. The number of imidazole rings is 1. The summed E-state index contributed by atoms with van der Waals surface area (Å²) in [5.41, 5.74) is 1.78. The van der Waals surface area contributed by atoms with Crippen molar-refractivity contribution in [1.82, 2.24) is 24.5 Å². The maximum Gasteiger partial charge on any atom is 0.490 e. The van der Waals surface area contributed by atoms with E-state index in [0.717, 1.165) is 60.3 Å². The number of carboxylic acids is 1. The number of rotatable bonds is 8. The summed E-state index contributed by atoms with van der Waals surface area (Å²) in [4.78, 5) is 27.4. The minimum absolute atomic E-state index is 0.237. The Balaban J connectivity index is 0.000000479. The van der Waals surface area contributed by atoms with Crippen molar-refractivity contribution in [3.05, 3.63) is 36.0 Å². The van der Waals surface area contributed by atoms with Gasteiger partial charge < -0.3 is 25.0 Å². The number of aromatic nitrogens is 5. The van der Waals surface area contributed by atoms with Crippen LogP contribution in [0, 0.1) is 0 Å². The second-order valence-electron chi connectivity index (χ2n) is 9.16. The molecule has 0 radical (unpaired) electrons. The molecule has 13 heteroatoms. The van der Waals surface area contributed by atoms with Gasteiger partial charge in [-0.25, -0.2) is 24.7 Å². The van der Waals surface area contributed by atoms with Crippen LogP contribution in [0.2, 0.25) is 0 Å². The molecule has 37 heavy (non-hydrogen) atoms. The number of hydrogen-bond acceptors (Lipinski definition) is 8. The Kier molecular flexibility index (Phi) is 9.24. The fraction of sp³-hybridized carbons (Fsp3) is 0.542. The first kappa shape index (κ1) is 28.1. The van der Waals surface area contributed by atoms with Crippen LogP contribution in [0.3, 0.4) is 0 Å². The molecule has 0 aliphatic carbocycles. The molecule has 0 amide bonds. The Morgan fingerprint density at radius 1 is 1.24 bits per heavy atom. The summed E-state index contributed by atoms with van der Waals surface area (Å²) in [6.45, 7) is 7.84. The van der Waals surface area contributed by atoms with Crippen LogP contribution in [0.25, 0.3) is 11.2 Å². The zero-order chi connectivity index (χ0) is 27.2. The van der Waals surface area contributed by atoms with E-state index in [2.05, 4.69) is 41.4 Å². The molecule has 0 bridgehead atoms. The van der Waals surface area contributed by atoms with Gasteiger partial charge in [0, 0.05) is 37.9 Å². The normalized spacial score (nSPS) is 16.4. The standard InChI is InChI=1S/C22H31N7O.C2HF3O2/c1-14(2)21-27-18(12-19(28-21)25-15(3)11-16-7-6-10-30-16)24-13-20-26-17-8-5-9-23-22(17)29(20)4;3-2(4,5)1(6)7/h5,8-9,12,14-16H,6-7,10-11,13H2,1-4H3,(H2,24,25,27,28);(H,6,7). The highest BCUT2D eigenvalue weighted by atomic mass is 19.4. The van der Waals surface area contributed by atoms with Gasteiger partial charge in [-0.3, -0.25) is 0 Å². The Labute approximate surface area is 212 Å². The number of pyridine rings is 1. The van der Waals surface area contributed by atoms with Gasteiger partial charge in [0.25, 0.3) is 0 Å². The van der Waals surface area contributed by atoms with Crippen molar-refractivity contribution in [3.63, 3.8) is 0 Å². The van der Waals surface area contributed by atoms with Crippen LogP contribution in [-0.4, -0.2) is 60.5 Å². The average molecular weight is 524 g/mol. The number of nitrogens with zero attached hydrogens (tertiary/aromatic N) is 5. The van der Waals surface area contributed by atoms with Crippen LogP contribution in [0.4, 0.5) is 24.8 Å². The smallest absolute Gasteiger partial charge is 0.475 e. The zero-order valence-electron chi connectivity index (χ0n) is 21.2. The lowest BCUT2D eigenvalue weighted by atomic mass is 10.1. The molecule has 202 valence electrons. The zero-order valence-corrected chi connectivity index (χ0v) is 21.2. The van der Waals surface area contributed by atoms with Crippen LogP contribution in [0.1, 0.15) is 57.6 Å². The summed E-state index contributed by atoms with van der Waals surface area (Å²) >= 11 is 0. The highest BCUT2D eigenvalue weighted by Gasteiger charge is 2.38. The molecule has 1 aliphatic heterocycles. The largest absolute Gasteiger partial charge is 0.490 e. The van der Waals surface area contributed by atoms with E-state index in [4.69, 9.17) is 24.6 Å². The number of carbonyl (C=O) groups is 1. The van der Waals surface area contributed by atoms with Gasteiger partial charge >= 0.3 is 12.1 Å². The minimum atomic E-state index is -5.08. The van der Waals surface area contributed by atoms with E-state index in [1.54, 1.807) is 6.20 Å². The number of carboxylic acid groups (broad SMARTS) is 1. The molecule has 3 aromatic heterocycles. The third-order valence-electron chi connectivity index (χ3n) is 5.69. The molecular formula is C24H32F3N7O3. The molecule has 1 aliphatic rings. The molecule has 10 nitrogen and oxygen atoms in total. The number of fused-ring (bicyclic) bond motifs is 1. The average Bonchev–Trinajstić information content (AvgIpc) is 3.45.